The number of imidazole rings is 1. The van der Waals surface area contributed by atoms with Crippen LogP contribution in [0, 0.1) is 17.0 Å². The third kappa shape index (κ3) is 6.45. The maximum absolute atomic E-state index is 11.5. The molecule has 0 aliphatic carbocycles. The van der Waals surface area contributed by atoms with E-state index in [2.05, 4.69) is 4.98 Å². The molecule has 0 atom stereocenters. The van der Waals surface area contributed by atoms with Crippen molar-refractivity contribution < 1.29 is 24.0 Å². The van der Waals surface area contributed by atoms with E-state index in [4.69, 9.17) is 9.47 Å². The number of aromatic nitrogens is 2. The second-order valence-electron chi connectivity index (χ2n) is 4.87. The fourth-order valence-electron chi connectivity index (χ4n) is 1.87. The molecule has 1 heterocycles. The van der Waals surface area contributed by atoms with Crippen molar-refractivity contribution in [3.63, 3.8) is 0 Å². The largest absolute Gasteiger partial charge is 0.466 e. The second-order valence-corrected chi connectivity index (χ2v) is 4.87. The molecule has 9 heteroatoms. The maximum atomic E-state index is 11.5. The zero-order valence-corrected chi connectivity index (χ0v) is 13.3. The summed E-state index contributed by atoms with van der Waals surface area (Å²) < 4.78 is 11.3. The van der Waals surface area contributed by atoms with Crippen LogP contribution >= 0.6 is 0 Å². The zero-order valence-electron chi connectivity index (χ0n) is 13.3. The van der Waals surface area contributed by atoms with Crippen molar-refractivity contribution in [2.75, 3.05) is 13.2 Å². The summed E-state index contributed by atoms with van der Waals surface area (Å²) in [6, 6.07) is 0. The molecule has 0 aromatic carbocycles. The smallest absolute Gasteiger partial charge is 0.342 e. The van der Waals surface area contributed by atoms with Gasteiger partial charge >= 0.3 is 17.8 Å². The van der Waals surface area contributed by atoms with Crippen LogP contribution in [0.5, 0.6) is 0 Å². The van der Waals surface area contributed by atoms with E-state index >= 15 is 0 Å². The minimum atomic E-state index is -0.538. The van der Waals surface area contributed by atoms with E-state index in [1.165, 1.54) is 10.8 Å². The van der Waals surface area contributed by atoms with Gasteiger partial charge in [0.25, 0.3) is 0 Å². The summed E-state index contributed by atoms with van der Waals surface area (Å²) in [5.41, 5.74) is 0. The molecule has 1 aromatic rings. The van der Waals surface area contributed by atoms with Crippen LogP contribution in [-0.2, 0) is 25.6 Å². The quantitative estimate of drug-likeness (QED) is 0.365. The first-order valence-electron chi connectivity index (χ1n) is 7.43. The Balaban J connectivity index is 2.26. The van der Waals surface area contributed by atoms with Crippen molar-refractivity contribution in [3.05, 3.63) is 22.1 Å². The van der Waals surface area contributed by atoms with Crippen LogP contribution in [0.1, 0.15) is 38.4 Å². The molecule has 0 saturated heterocycles. The van der Waals surface area contributed by atoms with E-state index in [0.717, 1.165) is 6.42 Å². The van der Waals surface area contributed by atoms with Gasteiger partial charge < -0.3 is 19.6 Å². The molecule has 0 aliphatic rings. The monoisotopic (exact) mass is 327 g/mol. The van der Waals surface area contributed by atoms with Crippen molar-refractivity contribution >= 4 is 17.8 Å². The second kappa shape index (κ2) is 9.54. The number of carbonyl (C=O) groups is 2. The summed E-state index contributed by atoms with van der Waals surface area (Å²) in [5, 5.41) is 10.8. The highest BCUT2D eigenvalue weighted by Crippen LogP contribution is 2.13. The normalized spacial score (nSPS) is 10.3. The topological polar surface area (TPSA) is 114 Å². The molecule has 0 radical (unpaired) electrons. The van der Waals surface area contributed by atoms with Gasteiger partial charge in [-0.3, -0.25) is 9.59 Å². The predicted molar refractivity (Wildman–Crippen MR) is 79.7 cm³/mol. The number of ether oxygens (including phenoxy) is 2. The lowest BCUT2D eigenvalue weighted by molar-refractivity contribution is -0.392. The average molecular weight is 327 g/mol. The van der Waals surface area contributed by atoms with Crippen LogP contribution in [0.3, 0.4) is 0 Å². The minimum absolute atomic E-state index is 0.0111. The zero-order chi connectivity index (χ0) is 17.2. The van der Waals surface area contributed by atoms with Gasteiger partial charge in [-0.15, -0.1) is 0 Å². The van der Waals surface area contributed by atoms with Gasteiger partial charge in [0.05, 0.1) is 6.61 Å². The molecule has 0 fully saturated rings. The van der Waals surface area contributed by atoms with Crippen LogP contribution in [0.25, 0.3) is 0 Å². The molecule has 0 aliphatic heterocycles. The molecular weight excluding hydrogens is 306 g/mol. The highest BCUT2D eigenvalue weighted by atomic mass is 16.6. The molecule has 9 nitrogen and oxygen atoms in total. The van der Waals surface area contributed by atoms with Gasteiger partial charge in [0, 0.05) is 19.8 Å². The fourth-order valence-corrected chi connectivity index (χ4v) is 1.87. The Kier molecular flexibility index (Phi) is 7.72. The highest BCUT2D eigenvalue weighted by Gasteiger charge is 2.17. The van der Waals surface area contributed by atoms with Crippen molar-refractivity contribution in [2.45, 2.75) is 46.1 Å². The van der Waals surface area contributed by atoms with Gasteiger partial charge in [-0.1, -0.05) is 6.92 Å². The van der Waals surface area contributed by atoms with Crippen molar-refractivity contribution in [3.8, 4) is 0 Å². The summed E-state index contributed by atoms with van der Waals surface area (Å²) in [5.74, 6) is -0.443. The van der Waals surface area contributed by atoms with E-state index < -0.39 is 10.9 Å². The molecule has 1 rings (SSSR count). The molecule has 0 bridgehead atoms. The van der Waals surface area contributed by atoms with Gasteiger partial charge in [0.2, 0.25) is 0 Å². The molecule has 128 valence electrons. The minimum Gasteiger partial charge on any atom is -0.466 e. The van der Waals surface area contributed by atoms with E-state index in [-0.39, 0.29) is 37.8 Å². The Bertz CT molecular complexity index is 555. The first-order valence-corrected chi connectivity index (χ1v) is 7.43. The maximum Gasteiger partial charge on any atom is 0.342 e. The number of rotatable bonds is 10. The molecule has 0 saturated carbocycles. The van der Waals surface area contributed by atoms with Crippen molar-refractivity contribution in [1.82, 2.24) is 9.55 Å². The predicted octanol–water partition coefficient (Wildman–Crippen LogP) is 1.77. The van der Waals surface area contributed by atoms with Gasteiger partial charge in [-0.25, -0.2) is 9.55 Å². The molecule has 0 unspecified atom stereocenters. The molecule has 1 aromatic heterocycles. The lowest BCUT2D eigenvalue weighted by Gasteiger charge is -2.06. The Morgan fingerprint density at radius 3 is 2.43 bits per heavy atom. The van der Waals surface area contributed by atoms with Gasteiger partial charge in [-0.2, -0.15) is 0 Å². The summed E-state index contributed by atoms with van der Waals surface area (Å²) >= 11 is 0. The van der Waals surface area contributed by atoms with E-state index in [1.54, 1.807) is 6.92 Å². The third-order valence-corrected chi connectivity index (χ3v) is 3.03. The number of aryl methyl sites for hydroxylation is 1. The van der Waals surface area contributed by atoms with E-state index in [9.17, 15) is 19.7 Å². The summed E-state index contributed by atoms with van der Waals surface area (Å²) in [6.07, 6.45) is 2.55. The van der Waals surface area contributed by atoms with Crippen molar-refractivity contribution in [1.29, 1.82) is 0 Å². The highest BCUT2D eigenvalue weighted by molar-refractivity contribution is 5.72. The first-order chi connectivity index (χ1) is 11.0. The molecule has 0 amide bonds. The van der Waals surface area contributed by atoms with Crippen molar-refractivity contribution in [2.24, 2.45) is 0 Å². The molecule has 0 spiro atoms. The number of hydrogen-bond donors (Lipinski definition) is 0. The number of esters is 2. The van der Waals surface area contributed by atoms with Crippen LogP contribution in [0.4, 0.5) is 5.82 Å². The average Bonchev–Trinajstić information content (AvgIpc) is 2.86. The first kappa shape index (κ1) is 18.6. The van der Waals surface area contributed by atoms with Gasteiger partial charge in [0.1, 0.15) is 19.3 Å². The lowest BCUT2D eigenvalue weighted by Crippen LogP contribution is -2.14. The Morgan fingerprint density at radius 2 is 1.87 bits per heavy atom. The number of hydrogen-bond acceptors (Lipinski definition) is 7. The number of carbonyl (C=O) groups excluding carboxylic acids is 2. The van der Waals surface area contributed by atoms with E-state index in [0.29, 0.717) is 18.9 Å². The van der Waals surface area contributed by atoms with Crippen LogP contribution in [0.15, 0.2) is 6.20 Å². The summed E-state index contributed by atoms with van der Waals surface area (Å²) in [4.78, 5) is 36.9. The molecular formula is C14H21N3O6. The van der Waals surface area contributed by atoms with Gasteiger partial charge in [0.15, 0.2) is 5.82 Å². The molecule has 23 heavy (non-hydrogen) atoms. The Morgan fingerprint density at radius 1 is 1.26 bits per heavy atom. The standard InChI is InChI=1S/C14H21N3O6/c1-3-8-22-13(18)5-4-6-14(19)23-9-7-16-11(2)15-10-12(16)17(20)21/h10H,3-9H2,1-2H3. The Labute approximate surface area is 133 Å². The van der Waals surface area contributed by atoms with Gasteiger partial charge in [-0.05, 0) is 17.8 Å². The number of nitro groups is 1. The molecule has 0 N–H and O–H groups in total. The van der Waals surface area contributed by atoms with Crippen LogP contribution < -0.4 is 0 Å². The van der Waals surface area contributed by atoms with Crippen LogP contribution in [0.2, 0.25) is 0 Å². The Hall–Kier alpha value is -2.45. The van der Waals surface area contributed by atoms with E-state index in [1.807, 2.05) is 6.92 Å². The SMILES string of the molecule is CCCOC(=O)CCCC(=O)OCCn1c([N+](=O)[O-])cnc1C. The third-order valence-electron chi connectivity index (χ3n) is 3.03. The summed E-state index contributed by atoms with van der Waals surface area (Å²) in [6.45, 7) is 4.09. The fraction of sp³-hybridized carbons (Fsp3) is 0.643. The summed E-state index contributed by atoms with van der Waals surface area (Å²) in [7, 11) is 0. The van der Waals surface area contributed by atoms with Crippen LogP contribution in [-0.4, -0.2) is 39.6 Å². The number of nitrogens with zero attached hydrogens (tertiary/aromatic N) is 3. The lowest BCUT2D eigenvalue weighted by atomic mass is 10.2.